The lowest BCUT2D eigenvalue weighted by molar-refractivity contribution is -0.123. The van der Waals surface area contributed by atoms with Crippen molar-refractivity contribution in [1.82, 2.24) is 20.1 Å². The van der Waals surface area contributed by atoms with Crippen LogP contribution >= 0.6 is 70.2 Å². The molecular formula is C22H25Cl5N4O2S. The number of thiocarbonyl (C=S) groups is 1. The highest BCUT2D eigenvalue weighted by atomic mass is 35.6. The molecule has 1 amide bonds. The first kappa shape index (κ1) is 26.4. The lowest BCUT2D eigenvalue weighted by atomic mass is 9.83. The minimum Gasteiger partial charge on any atom is -0.348 e. The van der Waals surface area contributed by atoms with Crippen molar-refractivity contribution < 1.29 is 4.79 Å². The number of hydrogen-bond donors (Lipinski definition) is 2. The van der Waals surface area contributed by atoms with Crippen LogP contribution in [0.4, 0.5) is 0 Å². The molecule has 1 saturated heterocycles. The van der Waals surface area contributed by atoms with Crippen molar-refractivity contribution in [3.05, 3.63) is 44.8 Å². The Bertz CT molecular complexity index is 1080. The average Bonchev–Trinajstić information content (AvgIpc) is 3.26. The van der Waals surface area contributed by atoms with Gasteiger partial charge in [-0.05, 0) is 48.0 Å². The number of alkyl halides is 3. The minimum absolute atomic E-state index is 0.0203. The third-order valence-electron chi connectivity index (χ3n) is 7.15. The van der Waals surface area contributed by atoms with E-state index in [2.05, 4.69) is 10.6 Å². The summed E-state index contributed by atoms with van der Waals surface area (Å²) in [5, 5.41) is 6.22. The average molecular weight is 587 g/mol. The number of carbonyl (C=O) groups is 1. The monoisotopic (exact) mass is 584 g/mol. The van der Waals surface area contributed by atoms with Crippen molar-refractivity contribution in [3.8, 4) is 0 Å². The maximum atomic E-state index is 13.0. The number of amides is 1. The lowest BCUT2D eigenvalue weighted by Gasteiger charge is -2.44. The fourth-order valence-electron chi connectivity index (χ4n) is 5.33. The molecular weight excluding hydrogens is 562 g/mol. The standard InChI is InChI=1S/C22H25Cl5N4O2S/c1-21(2)13(7-15(23)24)17(21)18(33)28-19(22(25,26)27)29-20(34)30-8-11-6-12(10-30)14-4-3-5-16(32)31(14)9-11/h3-5,7,11-13,17,19H,6,8-10H2,1-2H3,(H,28,33)(H,29,34)/t11-,12-,13-,17-,19-/m1/s1. The Hall–Kier alpha value is -0.700. The second-order valence-corrected chi connectivity index (χ2v) is 13.6. The Morgan fingerprint density at radius 1 is 1.21 bits per heavy atom. The first-order chi connectivity index (χ1) is 15.8. The number of fused-ring (bicyclic) bond motifs is 4. The maximum Gasteiger partial charge on any atom is 0.250 e. The quantitative estimate of drug-likeness (QED) is 0.308. The van der Waals surface area contributed by atoms with E-state index >= 15 is 0 Å². The summed E-state index contributed by atoms with van der Waals surface area (Å²) in [6.07, 6.45) is 1.61. The van der Waals surface area contributed by atoms with E-state index in [0.29, 0.717) is 24.7 Å². The number of nitrogens with zero attached hydrogens (tertiary/aromatic N) is 2. The number of pyridine rings is 1. The van der Waals surface area contributed by atoms with Crippen molar-refractivity contribution in [2.75, 3.05) is 13.1 Å². The van der Waals surface area contributed by atoms with Crippen LogP contribution in [-0.2, 0) is 11.3 Å². The molecule has 2 aliphatic heterocycles. The van der Waals surface area contributed by atoms with Gasteiger partial charge in [0.15, 0.2) is 5.11 Å². The van der Waals surface area contributed by atoms with Gasteiger partial charge in [0.25, 0.3) is 5.56 Å². The van der Waals surface area contributed by atoms with Crippen molar-refractivity contribution in [1.29, 1.82) is 0 Å². The topological polar surface area (TPSA) is 66.4 Å². The number of likely N-dealkylation sites (tertiary alicyclic amines) is 1. The van der Waals surface area contributed by atoms with Gasteiger partial charge in [-0.15, -0.1) is 0 Å². The van der Waals surface area contributed by atoms with Crippen molar-refractivity contribution >= 4 is 81.2 Å². The first-order valence-electron chi connectivity index (χ1n) is 10.9. The fraction of sp³-hybridized carbons (Fsp3) is 0.591. The molecule has 2 N–H and O–H groups in total. The molecule has 3 aliphatic rings. The predicted octanol–water partition coefficient (Wildman–Crippen LogP) is 4.55. The van der Waals surface area contributed by atoms with Gasteiger partial charge in [0.1, 0.15) is 10.7 Å². The highest BCUT2D eigenvalue weighted by molar-refractivity contribution is 7.80. The van der Waals surface area contributed by atoms with E-state index in [1.807, 2.05) is 29.4 Å². The molecule has 0 unspecified atom stereocenters. The van der Waals surface area contributed by atoms with Crippen LogP contribution in [0.3, 0.4) is 0 Å². The third kappa shape index (κ3) is 5.35. The number of hydrogen-bond acceptors (Lipinski definition) is 3. The smallest absolute Gasteiger partial charge is 0.250 e. The summed E-state index contributed by atoms with van der Waals surface area (Å²) in [6, 6.07) is 5.37. The van der Waals surface area contributed by atoms with Crippen LogP contribution < -0.4 is 16.2 Å². The Balaban J connectivity index is 1.45. The Morgan fingerprint density at radius 2 is 1.91 bits per heavy atom. The number of allylic oxidation sites excluding steroid dienone is 1. The zero-order valence-electron chi connectivity index (χ0n) is 18.5. The molecule has 6 nitrogen and oxygen atoms in total. The number of carbonyl (C=O) groups excluding carboxylic acids is 1. The van der Waals surface area contributed by atoms with Crippen LogP contribution in [0.25, 0.3) is 0 Å². The largest absolute Gasteiger partial charge is 0.348 e. The summed E-state index contributed by atoms with van der Waals surface area (Å²) in [5.74, 6) is -0.329. The van der Waals surface area contributed by atoms with Gasteiger partial charge < -0.3 is 20.1 Å². The van der Waals surface area contributed by atoms with E-state index in [0.717, 1.165) is 12.1 Å². The number of rotatable bonds is 4. The zero-order valence-corrected chi connectivity index (χ0v) is 23.1. The molecule has 2 bridgehead atoms. The van der Waals surface area contributed by atoms with Gasteiger partial charge in [-0.25, -0.2) is 0 Å². The highest BCUT2D eigenvalue weighted by Gasteiger charge is 2.61. The molecule has 3 heterocycles. The molecule has 5 atom stereocenters. The van der Waals surface area contributed by atoms with Gasteiger partial charge in [-0.3, -0.25) is 9.59 Å². The van der Waals surface area contributed by atoms with Crippen LogP contribution in [0.2, 0.25) is 0 Å². The molecule has 2 fully saturated rings. The van der Waals surface area contributed by atoms with Crippen LogP contribution in [0.15, 0.2) is 33.6 Å². The molecule has 186 valence electrons. The molecule has 4 rings (SSSR count). The van der Waals surface area contributed by atoms with E-state index in [9.17, 15) is 9.59 Å². The maximum absolute atomic E-state index is 13.0. The molecule has 0 aromatic carbocycles. The van der Waals surface area contributed by atoms with Crippen molar-refractivity contribution in [2.24, 2.45) is 23.2 Å². The number of aromatic nitrogens is 1. The van der Waals surface area contributed by atoms with E-state index in [4.69, 9.17) is 70.2 Å². The number of nitrogens with one attached hydrogen (secondary N) is 2. The Labute approximate surface area is 228 Å². The number of piperidine rings is 1. The molecule has 0 spiro atoms. The van der Waals surface area contributed by atoms with Gasteiger partial charge in [-0.2, -0.15) is 0 Å². The van der Waals surface area contributed by atoms with E-state index in [1.165, 1.54) is 0 Å². The predicted molar refractivity (Wildman–Crippen MR) is 142 cm³/mol. The summed E-state index contributed by atoms with van der Waals surface area (Å²) in [6.45, 7) is 5.84. The second kappa shape index (κ2) is 9.64. The molecule has 1 aromatic rings. The summed E-state index contributed by atoms with van der Waals surface area (Å²) in [4.78, 5) is 27.3. The summed E-state index contributed by atoms with van der Waals surface area (Å²) >= 11 is 35.9. The van der Waals surface area contributed by atoms with Crippen LogP contribution in [-0.4, -0.2) is 43.5 Å². The van der Waals surface area contributed by atoms with E-state index in [1.54, 1.807) is 18.2 Å². The number of halogens is 5. The Morgan fingerprint density at radius 3 is 2.56 bits per heavy atom. The highest BCUT2D eigenvalue weighted by Crippen LogP contribution is 2.59. The fourth-order valence-corrected chi connectivity index (χ4v) is 6.20. The third-order valence-corrected chi connectivity index (χ3v) is 8.43. The SMILES string of the molecule is CC1(C)[C@H](C=C(Cl)Cl)[C@@H]1C(=O)N[C@H](NC(=S)N1C[C@H]2C[C@H](C1)c1cccc(=O)n1C2)C(Cl)(Cl)Cl. The van der Waals surface area contributed by atoms with Gasteiger partial charge in [-0.1, -0.05) is 77.9 Å². The van der Waals surface area contributed by atoms with Crippen LogP contribution in [0, 0.1) is 23.2 Å². The summed E-state index contributed by atoms with van der Waals surface area (Å²) in [7, 11) is 0. The van der Waals surface area contributed by atoms with E-state index < -0.39 is 9.96 Å². The van der Waals surface area contributed by atoms with Gasteiger partial charge >= 0.3 is 0 Å². The normalized spacial score (nSPS) is 27.8. The zero-order chi connectivity index (χ0) is 25.0. The van der Waals surface area contributed by atoms with Gasteiger partial charge in [0, 0.05) is 37.3 Å². The molecule has 1 aromatic heterocycles. The van der Waals surface area contributed by atoms with Crippen molar-refractivity contribution in [2.45, 2.75) is 42.7 Å². The molecule has 34 heavy (non-hydrogen) atoms. The molecule has 12 heteroatoms. The lowest BCUT2D eigenvalue weighted by Crippen LogP contribution is -2.60. The molecule has 1 saturated carbocycles. The second-order valence-electron chi connectivity index (χ2n) is 9.82. The summed E-state index contributed by atoms with van der Waals surface area (Å²) < 4.78 is 0.122. The van der Waals surface area contributed by atoms with Crippen LogP contribution in [0.5, 0.6) is 0 Å². The minimum atomic E-state index is -1.85. The van der Waals surface area contributed by atoms with Crippen LogP contribution in [0.1, 0.15) is 31.9 Å². The van der Waals surface area contributed by atoms with E-state index in [-0.39, 0.29) is 45.0 Å². The van der Waals surface area contributed by atoms with Gasteiger partial charge in [0.2, 0.25) is 9.70 Å². The van der Waals surface area contributed by atoms with Crippen molar-refractivity contribution in [3.63, 3.8) is 0 Å². The Kier molecular flexibility index (Phi) is 7.47. The first-order valence-corrected chi connectivity index (χ1v) is 13.2. The molecule has 0 radical (unpaired) electrons. The molecule has 1 aliphatic carbocycles. The van der Waals surface area contributed by atoms with Gasteiger partial charge in [0.05, 0.1) is 5.92 Å². The summed E-state index contributed by atoms with van der Waals surface area (Å²) in [5.41, 5.74) is 0.704.